The average molecular weight is 415 g/mol. The zero-order valence-electron chi connectivity index (χ0n) is 18.3. The second-order valence-corrected chi connectivity index (χ2v) is 9.58. The number of aliphatic hydroxyl groups excluding tert-OH is 1. The molecule has 2 unspecified atom stereocenters. The zero-order valence-corrected chi connectivity index (χ0v) is 21.1. The van der Waals surface area contributed by atoms with Gasteiger partial charge in [-0.1, -0.05) is 96.8 Å². The van der Waals surface area contributed by atoms with Crippen LogP contribution in [0.2, 0.25) is 0 Å². The third kappa shape index (κ3) is 21.4. The third-order valence-corrected chi connectivity index (χ3v) is 6.48. The Balaban J connectivity index is 0. The van der Waals surface area contributed by atoms with Crippen LogP contribution in [0.25, 0.3) is 0 Å². The van der Waals surface area contributed by atoms with Crippen molar-refractivity contribution in [1.82, 2.24) is 0 Å². The van der Waals surface area contributed by atoms with Crippen LogP contribution in [0.5, 0.6) is 0 Å². The minimum Gasteiger partial charge on any atom is -0.748 e. The van der Waals surface area contributed by atoms with E-state index in [0.29, 0.717) is 12.8 Å². The van der Waals surface area contributed by atoms with Gasteiger partial charge in [-0.3, -0.25) is 0 Å². The molecule has 0 heterocycles. The van der Waals surface area contributed by atoms with Gasteiger partial charge < -0.3 is 9.66 Å². The predicted octanol–water partition coefficient (Wildman–Crippen LogP) is 2.94. The molecule has 0 aliphatic carbocycles. The largest absolute Gasteiger partial charge is 1.00 e. The molecule has 0 saturated carbocycles. The summed E-state index contributed by atoms with van der Waals surface area (Å²) in [5, 5.41) is 8.44. The fourth-order valence-electron chi connectivity index (χ4n) is 3.43. The molecule has 0 spiro atoms. The van der Waals surface area contributed by atoms with Crippen LogP contribution in [-0.2, 0) is 10.1 Å². The number of rotatable bonds is 19. The molecule has 0 aromatic rings. The smallest absolute Gasteiger partial charge is 0.748 e. The molecule has 158 valence electrons. The Hall–Kier alpha value is 0.870. The maximum atomic E-state index is 11.3. The molecule has 0 amide bonds. The molecular weight excluding hydrogens is 371 g/mol. The summed E-state index contributed by atoms with van der Waals surface area (Å²) in [6.45, 7) is 3.88. The Kier molecular flexibility index (Phi) is 22.4. The van der Waals surface area contributed by atoms with Gasteiger partial charge in [0.2, 0.25) is 0 Å². The van der Waals surface area contributed by atoms with Crippen molar-refractivity contribution in [3.8, 4) is 0 Å². The molecule has 0 bridgehead atoms. The molecule has 0 radical (unpaired) electrons. The fraction of sp³-hybridized carbons (Fsp3) is 1.00. The minimum atomic E-state index is -4.24. The summed E-state index contributed by atoms with van der Waals surface area (Å²) in [5.74, 6) is 0. The molecule has 0 saturated heterocycles. The van der Waals surface area contributed by atoms with E-state index in [2.05, 4.69) is 6.92 Å². The topological polar surface area (TPSA) is 77.4 Å². The van der Waals surface area contributed by atoms with E-state index < -0.39 is 21.5 Å². The summed E-state index contributed by atoms with van der Waals surface area (Å²) < 4.78 is 33.8. The van der Waals surface area contributed by atoms with Crippen LogP contribution in [0.1, 0.15) is 123 Å². The van der Waals surface area contributed by atoms with Gasteiger partial charge in [-0.25, -0.2) is 8.42 Å². The standard InChI is InChI=1S/C21H44O4S.Na/c1-3-4-5-6-7-8-9-10-11-12-13-14-15-16-17-21(26(23,24)25)19-18-20(2)22;/h20-22H,3-19H2,1-2H3,(H,23,24,25);/q;+1/p-1. The van der Waals surface area contributed by atoms with Crippen molar-refractivity contribution in [2.75, 3.05) is 0 Å². The van der Waals surface area contributed by atoms with Gasteiger partial charge in [-0.05, 0) is 26.2 Å². The van der Waals surface area contributed by atoms with Crippen LogP contribution in [0.15, 0.2) is 0 Å². The van der Waals surface area contributed by atoms with Gasteiger partial charge in [-0.15, -0.1) is 0 Å². The Morgan fingerprint density at radius 3 is 1.41 bits per heavy atom. The molecular formula is C21H43NaO4S. The van der Waals surface area contributed by atoms with E-state index in [9.17, 15) is 18.1 Å². The quantitative estimate of drug-likeness (QED) is 0.200. The number of aliphatic hydroxyl groups is 1. The van der Waals surface area contributed by atoms with Crippen LogP contribution in [-0.4, -0.2) is 29.4 Å². The molecule has 0 rings (SSSR count). The molecule has 27 heavy (non-hydrogen) atoms. The van der Waals surface area contributed by atoms with Crippen LogP contribution in [0, 0.1) is 0 Å². The summed E-state index contributed by atoms with van der Waals surface area (Å²) in [7, 11) is -4.24. The minimum absolute atomic E-state index is 0. The second-order valence-electron chi connectivity index (χ2n) is 7.93. The van der Waals surface area contributed by atoms with Crippen LogP contribution < -0.4 is 29.6 Å². The molecule has 0 fully saturated rings. The van der Waals surface area contributed by atoms with Crippen LogP contribution in [0.4, 0.5) is 0 Å². The Labute approximate surface area is 191 Å². The summed E-state index contributed by atoms with van der Waals surface area (Å²) in [6, 6.07) is 0. The van der Waals surface area contributed by atoms with Gasteiger partial charge in [-0.2, -0.15) is 0 Å². The zero-order chi connectivity index (χ0) is 19.7. The first-order valence-electron chi connectivity index (χ1n) is 11.0. The number of unbranched alkanes of at least 4 members (excludes halogenated alkanes) is 13. The predicted molar refractivity (Wildman–Crippen MR) is 109 cm³/mol. The molecule has 4 nitrogen and oxygen atoms in total. The van der Waals surface area contributed by atoms with E-state index in [-0.39, 0.29) is 36.0 Å². The number of hydrogen-bond acceptors (Lipinski definition) is 4. The SMILES string of the molecule is CCCCCCCCCCCCCCCCC(CCC(C)O)S(=O)(=O)[O-].[Na+]. The first kappa shape index (κ1) is 30.1. The molecule has 2 atom stereocenters. The van der Waals surface area contributed by atoms with E-state index in [0.717, 1.165) is 19.3 Å². The molecule has 0 aromatic heterocycles. The monoisotopic (exact) mass is 414 g/mol. The third-order valence-electron chi connectivity index (χ3n) is 5.19. The average Bonchev–Trinajstić information content (AvgIpc) is 2.56. The van der Waals surface area contributed by atoms with Crippen molar-refractivity contribution in [2.24, 2.45) is 0 Å². The number of hydrogen-bond donors (Lipinski definition) is 1. The van der Waals surface area contributed by atoms with Gasteiger partial charge in [0.25, 0.3) is 0 Å². The van der Waals surface area contributed by atoms with Gasteiger partial charge in [0, 0.05) is 5.25 Å². The molecule has 0 aliphatic heterocycles. The van der Waals surface area contributed by atoms with Crippen LogP contribution in [0.3, 0.4) is 0 Å². The van der Waals surface area contributed by atoms with Gasteiger partial charge in [0.15, 0.2) is 0 Å². The van der Waals surface area contributed by atoms with E-state index in [1.807, 2.05) is 0 Å². The summed E-state index contributed by atoms with van der Waals surface area (Å²) >= 11 is 0. The van der Waals surface area contributed by atoms with Crippen molar-refractivity contribution in [2.45, 2.75) is 134 Å². The Morgan fingerprint density at radius 2 is 1.07 bits per heavy atom. The van der Waals surface area contributed by atoms with Gasteiger partial charge in [0.1, 0.15) is 0 Å². The van der Waals surface area contributed by atoms with Crippen molar-refractivity contribution in [1.29, 1.82) is 0 Å². The van der Waals surface area contributed by atoms with E-state index in [1.165, 1.54) is 70.6 Å². The van der Waals surface area contributed by atoms with Crippen molar-refractivity contribution < 1.29 is 47.6 Å². The molecule has 1 N–H and O–H groups in total. The first-order chi connectivity index (χ1) is 12.4. The normalized spacial score (nSPS) is 13.9. The van der Waals surface area contributed by atoms with Gasteiger partial charge >= 0.3 is 29.6 Å². The first-order valence-corrected chi connectivity index (χ1v) is 12.5. The van der Waals surface area contributed by atoms with Crippen molar-refractivity contribution in [3.05, 3.63) is 0 Å². The Morgan fingerprint density at radius 1 is 0.704 bits per heavy atom. The summed E-state index contributed by atoms with van der Waals surface area (Å²) in [5.41, 5.74) is 0. The summed E-state index contributed by atoms with van der Waals surface area (Å²) in [4.78, 5) is 0. The fourth-order valence-corrected chi connectivity index (χ4v) is 4.31. The van der Waals surface area contributed by atoms with E-state index in [4.69, 9.17) is 0 Å². The van der Waals surface area contributed by atoms with E-state index >= 15 is 0 Å². The van der Waals surface area contributed by atoms with Crippen LogP contribution >= 0.6 is 0 Å². The van der Waals surface area contributed by atoms with Crippen molar-refractivity contribution in [3.63, 3.8) is 0 Å². The molecule has 0 aromatic carbocycles. The molecule has 0 aliphatic rings. The second kappa shape index (κ2) is 20.2. The maximum absolute atomic E-state index is 11.3. The Bertz CT molecular complexity index is 399. The maximum Gasteiger partial charge on any atom is 1.00 e. The van der Waals surface area contributed by atoms with E-state index in [1.54, 1.807) is 6.92 Å². The van der Waals surface area contributed by atoms with Gasteiger partial charge in [0.05, 0.1) is 16.2 Å². The molecule has 6 heteroatoms. The summed E-state index contributed by atoms with van der Waals surface area (Å²) in [6.07, 6.45) is 18.2. The van der Waals surface area contributed by atoms with Crippen molar-refractivity contribution >= 4 is 10.1 Å².